The van der Waals surface area contributed by atoms with Crippen molar-refractivity contribution in [3.05, 3.63) is 0 Å². The van der Waals surface area contributed by atoms with Crippen LogP contribution in [0.2, 0.25) is 0 Å². The van der Waals surface area contributed by atoms with Gasteiger partial charge in [-0.3, -0.25) is 0 Å². The summed E-state index contributed by atoms with van der Waals surface area (Å²) in [6, 6.07) is 0. The maximum Gasteiger partial charge on any atom is 0.701 e. The molecule has 0 radical (unpaired) electrons. The van der Waals surface area contributed by atoms with Gasteiger partial charge in [0.15, 0.2) is 0 Å². The molecule has 0 rings (SSSR count). The summed E-state index contributed by atoms with van der Waals surface area (Å²) in [4.78, 5) is 7.77. The first-order valence-electron chi connectivity index (χ1n) is 6.99. The SMILES string of the molecule is O=[P+](O)OC(F)(F)C(F)(F)C(F)(F)C(F)(F)C(F)(F)C(F)(F)C(F)(F)C(F)(F)C(F)(F)C(F)(F)F. The monoisotopic (exact) mass is 599 g/mol. The van der Waals surface area contributed by atoms with Gasteiger partial charge in [0.2, 0.25) is 0 Å². The minimum atomic E-state index is -9.28. The average molecular weight is 599 g/mol. The smallest absolute Gasteiger partial charge is 0.192 e. The van der Waals surface area contributed by atoms with Crippen molar-refractivity contribution in [2.24, 2.45) is 0 Å². The Hall–Kier alpha value is -1.45. The largest absolute Gasteiger partial charge is 0.701 e. The molecule has 0 aromatic rings. The summed E-state index contributed by atoms with van der Waals surface area (Å²) in [6.45, 7) is 0. The molecule has 25 heteroatoms. The molecule has 0 aromatic carbocycles. The Morgan fingerprint density at radius 2 is 0.600 bits per heavy atom. The van der Waals surface area contributed by atoms with Gasteiger partial charge in [-0.25, -0.2) is 0 Å². The molecular formula is C10HF21O3P+. The van der Waals surface area contributed by atoms with Crippen molar-refractivity contribution in [2.45, 2.75) is 59.7 Å². The highest BCUT2D eigenvalue weighted by molar-refractivity contribution is 7.32. The van der Waals surface area contributed by atoms with Crippen LogP contribution in [0, 0.1) is 0 Å². The number of rotatable bonds is 10. The molecule has 0 aliphatic heterocycles. The Labute approximate surface area is 175 Å². The molecule has 0 aliphatic carbocycles. The molecule has 0 spiro atoms. The maximum atomic E-state index is 13.3. The molecule has 0 aliphatic rings. The van der Waals surface area contributed by atoms with E-state index < -0.39 is 67.9 Å². The van der Waals surface area contributed by atoms with E-state index >= 15 is 0 Å². The Balaban J connectivity index is 7.05. The van der Waals surface area contributed by atoms with E-state index in [0.29, 0.717) is 0 Å². The molecule has 3 nitrogen and oxygen atoms in total. The van der Waals surface area contributed by atoms with Crippen molar-refractivity contribution in [3.63, 3.8) is 0 Å². The molecule has 1 unspecified atom stereocenters. The predicted molar refractivity (Wildman–Crippen MR) is 61.5 cm³/mol. The summed E-state index contributed by atoms with van der Waals surface area (Å²) in [5.74, 6) is -71.6. The van der Waals surface area contributed by atoms with Gasteiger partial charge < -0.3 is 0 Å². The third kappa shape index (κ3) is 4.25. The summed E-state index contributed by atoms with van der Waals surface area (Å²) in [5.41, 5.74) is 0. The molecule has 210 valence electrons. The van der Waals surface area contributed by atoms with E-state index in [2.05, 4.69) is 0 Å². The van der Waals surface area contributed by atoms with Crippen LogP contribution in [0.5, 0.6) is 0 Å². The summed E-state index contributed by atoms with van der Waals surface area (Å²) in [5, 5.41) is 0. The van der Waals surface area contributed by atoms with E-state index in [-0.39, 0.29) is 0 Å². The van der Waals surface area contributed by atoms with Gasteiger partial charge >= 0.3 is 67.9 Å². The second kappa shape index (κ2) is 8.28. The zero-order valence-corrected chi connectivity index (χ0v) is 15.5. The third-order valence-corrected chi connectivity index (χ3v) is 4.06. The zero-order valence-electron chi connectivity index (χ0n) is 14.6. The highest BCUT2D eigenvalue weighted by Crippen LogP contribution is 2.66. The fourth-order valence-electron chi connectivity index (χ4n) is 1.70. The number of hydrogen-bond acceptors (Lipinski definition) is 2. The molecule has 0 amide bonds. The van der Waals surface area contributed by atoms with Crippen molar-refractivity contribution in [1.29, 1.82) is 0 Å². The lowest BCUT2D eigenvalue weighted by Crippen LogP contribution is -2.76. The van der Waals surface area contributed by atoms with Crippen LogP contribution in [-0.2, 0) is 9.09 Å². The number of hydrogen-bond donors (Lipinski definition) is 1. The molecule has 0 saturated heterocycles. The van der Waals surface area contributed by atoms with Gasteiger partial charge in [0, 0.05) is 4.57 Å². The lowest BCUT2D eigenvalue weighted by Gasteiger charge is -2.43. The molecule has 35 heavy (non-hydrogen) atoms. The standard InChI is InChI=1S/C10F21O3P/c11-1(12,3(15,16)5(19,20)7(23,24)9(27,28)29)2(13,14)4(17,18)6(21,22)8(25,26)10(30,31)34-35(32)33/p+1. The van der Waals surface area contributed by atoms with Gasteiger partial charge in [0.25, 0.3) is 0 Å². The first-order valence-corrected chi connectivity index (χ1v) is 8.12. The van der Waals surface area contributed by atoms with Crippen LogP contribution < -0.4 is 0 Å². The summed E-state index contributed by atoms with van der Waals surface area (Å²) in [7, 11) is -5.25. The van der Waals surface area contributed by atoms with Crippen molar-refractivity contribution in [1.82, 2.24) is 0 Å². The molecular weight excluding hydrogens is 598 g/mol. The van der Waals surface area contributed by atoms with Crippen LogP contribution in [0.25, 0.3) is 0 Å². The number of alkyl halides is 21. The van der Waals surface area contributed by atoms with Crippen LogP contribution in [0.15, 0.2) is 0 Å². The fourth-order valence-corrected chi connectivity index (χ4v) is 2.01. The van der Waals surface area contributed by atoms with Gasteiger partial charge in [0.1, 0.15) is 0 Å². The van der Waals surface area contributed by atoms with Gasteiger partial charge in [-0.1, -0.05) is 0 Å². The van der Waals surface area contributed by atoms with Gasteiger partial charge in [-0.15, -0.1) is 4.89 Å². The molecule has 0 aromatic heterocycles. The molecule has 0 fully saturated rings. The minimum absolute atomic E-state index is 1.83. The van der Waals surface area contributed by atoms with E-state index in [9.17, 15) is 96.8 Å². The first kappa shape index (κ1) is 33.5. The fraction of sp³-hybridized carbons (Fsp3) is 1.00. The molecule has 1 atom stereocenters. The second-order valence-electron chi connectivity index (χ2n) is 5.94. The highest BCUT2D eigenvalue weighted by atomic mass is 31.1. The average Bonchev–Trinajstić information content (AvgIpc) is 2.58. The summed E-state index contributed by atoms with van der Waals surface area (Å²) >= 11 is 0. The van der Waals surface area contributed by atoms with Crippen molar-refractivity contribution in [2.75, 3.05) is 0 Å². The maximum absolute atomic E-state index is 13.3. The van der Waals surface area contributed by atoms with E-state index in [0.717, 1.165) is 0 Å². The Morgan fingerprint density at radius 1 is 0.400 bits per heavy atom. The lowest BCUT2D eigenvalue weighted by atomic mass is 9.87. The Bertz CT molecular complexity index is 813. The first-order chi connectivity index (χ1) is 14.7. The zero-order chi connectivity index (χ0) is 29.3. The number of halogens is 21. The lowest BCUT2D eigenvalue weighted by molar-refractivity contribution is -0.480. The predicted octanol–water partition coefficient (Wildman–Crippen LogP) is 6.89. The molecule has 0 saturated carbocycles. The normalized spacial score (nSPS) is 17.0. The van der Waals surface area contributed by atoms with Crippen molar-refractivity contribution in [3.8, 4) is 0 Å². The van der Waals surface area contributed by atoms with Crippen LogP contribution in [0.1, 0.15) is 0 Å². The van der Waals surface area contributed by atoms with Crippen LogP contribution >= 0.6 is 8.25 Å². The minimum Gasteiger partial charge on any atom is -0.192 e. The van der Waals surface area contributed by atoms with Gasteiger partial charge in [0.05, 0.1) is 0 Å². The van der Waals surface area contributed by atoms with Crippen molar-refractivity contribution < 1.29 is 106 Å². The quantitative estimate of drug-likeness (QED) is 0.220. The van der Waals surface area contributed by atoms with E-state index in [1.165, 1.54) is 0 Å². The van der Waals surface area contributed by atoms with Crippen LogP contribution in [0.4, 0.5) is 92.2 Å². The molecule has 0 bridgehead atoms. The van der Waals surface area contributed by atoms with Crippen LogP contribution in [-0.4, -0.2) is 64.6 Å². The molecule has 0 heterocycles. The van der Waals surface area contributed by atoms with Crippen molar-refractivity contribution >= 4 is 8.25 Å². The highest BCUT2D eigenvalue weighted by Gasteiger charge is 2.98. The topological polar surface area (TPSA) is 46.5 Å². The summed E-state index contributed by atoms with van der Waals surface area (Å²) in [6.07, 6.45) is -15.6. The van der Waals surface area contributed by atoms with Crippen LogP contribution in [0.3, 0.4) is 0 Å². The van der Waals surface area contributed by atoms with Gasteiger partial charge in [-0.05, 0) is 4.52 Å². The Morgan fingerprint density at radius 3 is 0.800 bits per heavy atom. The van der Waals surface area contributed by atoms with Gasteiger partial charge in [-0.2, -0.15) is 92.2 Å². The summed E-state index contributed by atoms with van der Waals surface area (Å²) < 4.78 is 283. The van der Waals surface area contributed by atoms with E-state index in [1.54, 1.807) is 0 Å². The molecule has 1 N–H and O–H groups in total. The Kier molecular flexibility index (Phi) is 7.94. The third-order valence-electron chi connectivity index (χ3n) is 3.67. The van der Waals surface area contributed by atoms with E-state index in [1.807, 2.05) is 4.52 Å². The second-order valence-corrected chi connectivity index (χ2v) is 6.60. The van der Waals surface area contributed by atoms with E-state index in [4.69, 9.17) is 4.89 Å².